The van der Waals surface area contributed by atoms with Crippen molar-refractivity contribution in [1.29, 1.82) is 0 Å². The number of carbonyl (C=O) groups is 1. The van der Waals surface area contributed by atoms with Crippen LogP contribution in [-0.2, 0) is 6.54 Å². The standard InChI is InChI=1S/C25H29N5O3/c1-2-33-23-10-6-4-8-21(23)28-25(32)27-20-11-12-24(26-17-20)30-15-13-29(14-16-30)18-19-7-3-5-9-22(19)31/h3-12,17,31H,2,13-16,18H2,1H3,(H2,27,28,32). The molecule has 2 heterocycles. The molecule has 1 fully saturated rings. The lowest BCUT2D eigenvalue weighted by Gasteiger charge is -2.35. The van der Waals surface area contributed by atoms with Gasteiger partial charge >= 0.3 is 6.03 Å². The summed E-state index contributed by atoms with van der Waals surface area (Å²) in [6.07, 6.45) is 1.66. The Kier molecular flexibility index (Phi) is 7.26. The fourth-order valence-corrected chi connectivity index (χ4v) is 3.80. The summed E-state index contributed by atoms with van der Waals surface area (Å²) in [7, 11) is 0. The highest BCUT2D eigenvalue weighted by molar-refractivity contribution is 6.00. The van der Waals surface area contributed by atoms with Crippen LogP contribution in [-0.4, -0.2) is 53.8 Å². The number of urea groups is 1. The summed E-state index contributed by atoms with van der Waals surface area (Å²) in [4.78, 5) is 21.5. The molecule has 172 valence electrons. The van der Waals surface area contributed by atoms with Crippen LogP contribution in [0.3, 0.4) is 0 Å². The fraction of sp³-hybridized carbons (Fsp3) is 0.280. The fourth-order valence-electron chi connectivity index (χ4n) is 3.80. The van der Waals surface area contributed by atoms with E-state index in [1.165, 1.54) is 0 Å². The molecule has 33 heavy (non-hydrogen) atoms. The van der Waals surface area contributed by atoms with Crippen LogP contribution in [0.15, 0.2) is 66.9 Å². The van der Waals surface area contributed by atoms with E-state index >= 15 is 0 Å². The molecule has 3 aromatic rings. The Bertz CT molecular complexity index is 1070. The summed E-state index contributed by atoms with van der Waals surface area (Å²) in [6.45, 7) is 6.63. The van der Waals surface area contributed by atoms with Gasteiger partial charge in [0.2, 0.25) is 0 Å². The van der Waals surface area contributed by atoms with Crippen molar-refractivity contribution in [2.75, 3.05) is 48.3 Å². The molecule has 8 nitrogen and oxygen atoms in total. The molecule has 8 heteroatoms. The normalized spacial score (nSPS) is 14.0. The van der Waals surface area contributed by atoms with E-state index in [-0.39, 0.29) is 6.03 Å². The van der Waals surface area contributed by atoms with E-state index in [4.69, 9.17) is 4.74 Å². The lowest BCUT2D eigenvalue weighted by Crippen LogP contribution is -2.46. The van der Waals surface area contributed by atoms with Crippen molar-refractivity contribution in [3.05, 3.63) is 72.4 Å². The monoisotopic (exact) mass is 447 g/mol. The number of hydrogen-bond donors (Lipinski definition) is 3. The molecule has 2 aromatic carbocycles. The minimum absolute atomic E-state index is 0.343. The molecule has 2 amide bonds. The Balaban J connectivity index is 1.28. The quantitative estimate of drug-likeness (QED) is 0.504. The maximum Gasteiger partial charge on any atom is 0.323 e. The van der Waals surface area contributed by atoms with E-state index < -0.39 is 0 Å². The van der Waals surface area contributed by atoms with E-state index in [0.29, 0.717) is 29.5 Å². The summed E-state index contributed by atoms with van der Waals surface area (Å²) in [6, 6.07) is 18.2. The number of aromatic hydroxyl groups is 1. The Labute approximate surface area is 193 Å². The number of benzene rings is 2. The second kappa shape index (κ2) is 10.7. The summed E-state index contributed by atoms with van der Waals surface area (Å²) < 4.78 is 5.54. The van der Waals surface area contributed by atoms with Gasteiger partial charge in [0, 0.05) is 38.3 Å². The van der Waals surface area contributed by atoms with Gasteiger partial charge in [0.15, 0.2) is 0 Å². The predicted octanol–water partition coefficient (Wildman–Crippen LogP) is 4.15. The van der Waals surface area contributed by atoms with Crippen LogP contribution in [0.4, 0.5) is 22.0 Å². The van der Waals surface area contributed by atoms with Gasteiger partial charge in [-0.3, -0.25) is 4.90 Å². The number of aromatic nitrogens is 1. The molecular weight excluding hydrogens is 418 g/mol. The van der Waals surface area contributed by atoms with E-state index in [1.807, 2.05) is 55.5 Å². The number of nitrogens with one attached hydrogen (secondary N) is 2. The third-order valence-corrected chi connectivity index (χ3v) is 5.52. The Hall–Kier alpha value is -3.78. The Morgan fingerprint density at radius 3 is 2.48 bits per heavy atom. The van der Waals surface area contributed by atoms with Crippen molar-refractivity contribution in [3.63, 3.8) is 0 Å². The van der Waals surface area contributed by atoms with Gasteiger partial charge < -0.3 is 25.4 Å². The minimum atomic E-state index is -0.352. The Morgan fingerprint density at radius 2 is 1.76 bits per heavy atom. The second-order valence-electron chi connectivity index (χ2n) is 7.81. The molecule has 0 unspecified atom stereocenters. The molecule has 0 atom stereocenters. The van der Waals surface area contributed by atoms with Crippen molar-refractivity contribution >= 4 is 23.2 Å². The molecule has 0 saturated carbocycles. The second-order valence-corrected chi connectivity index (χ2v) is 7.81. The number of piperazine rings is 1. The zero-order chi connectivity index (χ0) is 23.0. The number of nitrogens with zero attached hydrogens (tertiary/aromatic N) is 3. The topological polar surface area (TPSA) is 90.0 Å². The summed E-state index contributed by atoms with van der Waals surface area (Å²) in [5.74, 6) is 1.85. The molecule has 0 aliphatic carbocycles. The lowest BCUT2D eigenvalue weighted by molar-refractivity contribution is 0.246. The van der Waals surface area contributed by atoms with Gasteiger partial charge in [-0.05, 0) is 37.3 Å². The number of ether oxygens (including phenoxy) is 1. The third kappa shape index (κ3) is 5.93. The molecule has 1 aliphatic rings. The first-order valence-corrected chi connectivity index (χ1v) is 11.1. The van der Waals surface area contributed by atoms with Crippen LogP contribution >= 0.6 is 0 Å². The van der Waals surface area contributed by atoms with Gasteiger partial charge in [-0.25, -0.2) is 9.78 Å². The highest BCUT2D eigenvalue weighted by atomic mass is 16.5. The molecule has 1 aliphatic heterocycles. The zero-order valence-corrected chi connectivity index (χ0v) is 18.7. The van der Waals surface area contributed by atoms with Crippen LogP contribution < -0.4 is 20.3 Å². The lowest BCUT2D eigenvalue weighted by atomic mass is 10.1. The number of anilines is 3. The number of phenolic OH excluding ortho intramolecular Hbond substituents is 1. The molecular formula is C25H29N5O3. The highest BCUT2D eigenvalue weighted by Gasteiger charge is 2.19. The first-order chi connectivity index (χ1) is 16.1. The number of hydrogen-bond acceptors (Lipinski definition) is 6. The van der Waals surface area contributed by atoms with Crippen LogP contribution in [0.1, 0.15) is 12.5 Å². The van der Waals surface area contributed by atoms with Gasteiger partial charge in [-0.2, -0.15) is 0 Å². The van der Waals surface area contributed by atoms with Crippen molar-refractivity contribution < 1.29 is 14.6 Å². The smallest absolute Gasteiger partial charge is 0.323 e. The third-order valence-electron chi connectivity index (χ3n) is 5.52. The van der Waals surface area contributed by atoms with Gasteiger partial charge in [0.05, 0.1) is 24.2 Å². The van der Waals surface area contributed by atoms with Gasteiger partial charge in [-0.1, -0.05) is 30.3 Å². The maximum absolute atomic E-state index is 12.4. The van der Waals surface area contributed by atoms with Crippen LogP contribution in [0.2, 0.25) is 0 Å². The van der Waals surface area contributed by atoms with E-state index in [0.717, 1.165) is 44.1 Å². The molecule has 0 radical (unpaired) electrons. The maximum atomic E-state index is 12.4. The molecule has 0 spiro atoms. The number of carbonyl (C=O) groups excluding carboxylic acids is 1. The van der Waals surface area contributed by atoms with Crippen molar-refractivity contribution in [1.82, 2.24) is 9.88 Å². The average molecular weight is 448 g/mol. The molecule has 4 rings (SSSR count). The van der Waals surface area contributed by atoms with Crippen molar-refractivity contribution in [2.45, 2.75) is 13.5 Å². The van der Waals surface area contributed by atoms with Crippen molar-refractivity contribution in [3.8, 4) is 11.5 Å². The highest BCUT2D eigenvalue weighted by Crippen LogP contribution is 2.24. The number of para-hydroxylation sites is 3. The molecule has 0 bridgehead atoms. The molecule has 3 N–H and O–H groups in total. The average Bonchev–Trinajstić information content (AvgIpc) is 2.83. The van der Waals surface area contributed by atoms with Gasteiger partial charge in [-0.15, -0.1) is 0 Å². The SMILES string of the molecule is CCOc1ccccc1NC(=O)Nc1ccc(N2CCN(Cc3ccccc3O)CC2)nc1. The zero-order valence-electron chi connectivity index (χ0n) is 18.7. The number of phenols is 1. The molecule has 1 aromatic heterocycles. The van der Waals surface area contributed by atoms with Crippen LogP contribution in [0.25, 0.3) is 0 Å². The van der Waals surface area contributed by atoms with Crippen LogP contribution in [0.5, 0.6) is 11.5 Å². The van der Waals surface area contributed by atoms with E-state index in [9.17, 15) is 9.90 Å². The largest absolute Gasteiger partial charge is 0.508 e. The van der Waals surface area contributed by atoms with Crippen LogP contribution in [0, 0.1) is 0 Å². The summed E-state index contributed by atoms with van der Waals surface area (Å²) in [5, 5.41) is 15.6. The number of amides is 2. The summed E-state index contributed by atoms with van der Waals surface area (Å²) in [5.41, 5.74) is 2.17. The minimum Gasteiger partial charge on any atom is -0.508 e. The van der Waals surface area contributed by atoms with Gasteiger partial charge in [0.25, 0.3) is 0 Å². The number of rotatable bonds is 7. The first-order valence-electron chi connectivity index (χ1n) is 11.1. The molecule has 1 saturated heterocycles. The Morgan fingerprint density at radius 1 is 1.00 bits per heavy atom. The number of pyridine rings is 1. The van der Waals surface area contributed by atoms with Crippen molar-refractivity contribution in [2.24, 2.45) is 0 Å². The van der Waals surface area contributed by atoms with E-state index in [2.05, 4.69) is 25.4 Å². The van der Waals surface area contributed by atoms with E-state index in [1.54, 1.807) is 18.3 Å². The first kappa shape index (κ1) is 22.4. The predicted molar refractivity (Wildman–Crippen MR) is 130 cm³/mol. The van der Waals surface area contributed by atoms with Gasteiger partial charge in [0.1, 0.15) is 17.3 Å². The summed E-state index contributed by atoms with van der Waals surface area (Å²) >= 11 is 0.